The fourth-order valence-electron chi connectivity index (χ4n) is 1.46. The van der Waals surface area contributed by atoms with Gasteiger partial charge in [-0.3, -0.25) is 0 Å². The molecule has 1 aliphatic carbocycles. The largest absolute Gasteiger partial charge is 0.312 e. The molecule has 2 heteroatoms. The van der Waals surface area contributed by atoms with E-state index in [1.165, 1.54) is 31.6 Å². The summed E-state index contributed by atoms with van der Waals surface area (Å²) >= 11 is 1.97. The first kappa shape index (κ1) is 11.4. The van der Waals surface area contributed by atoms with Crippen molar-refractivity contribution in [1.82, 2.24) is 5.32 Å². The van der Waals surface area contributed by atoms with Crippen LogP contribution in [0, 0.1) is 5.41 Å². The molecule has 0 heterocycles. The van der Waals surface area contributed by atoms with Gasteiger partial charge in [0.05, 0.1) is 0 Å². The average molecular weight is 201 g/mol. The van der Waals surface area contributed by atoms with Crippen molar-refractivity contribution in [2.45, 2.75) is 45.6 Å². The van der Waals surface area contributed by atoms with Crippen LogP contribution in [0.2, 0.25) is 0 Å². The molecule has 0 atom stereocenters. The molecule has 0 aliphatic heterocycles. The lowest BCUT2D eigenvalue weighted by Crippen LogP contribution is -2.39. The molecule has 1 fully saturated rings. The van der Waals surface area contributed by atoms with Gasteiger partial charge < -0.3 is 5.32 Å². The molecular formula is C11H23NS. The molecule has 0 aromatic heterocycles. The van der Waals surface area contributed by atoms with E-state index in [0.29, 0.717) is 5.41 Å². The van der Waals surface area contributed by atoms with Crippen LogP contribution in [0.4, 0.5) is 0 Å². The van der Waals surface area contributed by atoms with Gasteiger partial charge in [0, 0.05) is 12.1 Å². The van der Waals surface area contributed by atoms with Crippen LogP contribution < -0.4 is 5.32 Å². The minimum Gasteiger partial charge on any atom is -0.312 e. The molecule has 1 N–H and O–H groups in total. The number of hydrogen-bond acceptors (Lipinski definition) is 2. The van der Waals surface area contributed by atoms with Gasteiger partial charge in [-0.1, -0.05) is 0 Å². The zero-order valence-electron chi connectivity index (χ0n) is 9.44. The third kappa shape index (κ3) is 4.37. The molecule has 13 heavy (non-hydrogen) atoms. The van der Waals surface area contributed by atoms with Crippen molar-refractivity contribution in [3.05, 3.63) is 0 Å². The van der Waals surface area contributed by atoms with Gasteiger partial charge >= 0.3 is 0 Å². The molecule has 0 aromatic rings. The number of hydrogen-bond donors (Lipinski definition) is 1. The maximum atomic E-state index is 3.62. The Morgan fingerprint density at radius 3 is 2.31 bits per heavy atom. The normalized spacial score (nSPS) is 20.3. The molecule has 0 spiro atoms. The number of nitrogens with one attached hydrogen (secondary N) is 1. The molecule has 78 valence electrons. The van der Waals surface area contributed by atoms with Crippen LogP contribution in [0.1, 0.15) is 40.0 Å². The van der Waals surface area contributed by atoms with Gasteiger partial charge in [-0.05, 0) is 57.5 Å². The summed E-state index contributed by atoms with van der Waals surface area (Å²) < 4.78 is 0. The Morgan fingerprint density at radius 2 is 1.92 bits per heavy atom. The molecule has 0 unspecified atom stereocenters. The number of thioether (sulfide) groups is 1. The van der Waals surface area contributed by atoms with E-state index in [2.05, 4.69) is 32.3 Å². The van der Waals surface area contributed by atoms with E-state index < -0.39 is 0 Å². The van der Waals surface area contributed by atoms with Crippen LogP contribution >= 0.6 is 11.8 Å². The molecule has 1 saturated carbocycles. The van der Waals surface area contributed by atoms with Crippen molar-refractivity contribution in [2.24, 2.45) is 5.41 Å². The van der Waals surface area contributed by atoms with Crippen LogP contribution in [-0.4, -0.2) is 24.1 Å². The van der Waals surface area contributed by atoms with Gasteiger partial charge in [0.25, 0.3) is 0 Å². The fraction of sp³-hybridized carbons (Fsp3) is 1.00. The minimum atomic E-state index is 0.287. The van der Waals surface area contributed by atoms with Gasteiger partial charge in [-0.25, -0.2) is 0 Å². The highest BCUT2D eigenvalue weighted by Gasteiger charge is 2.41. The first-order chi connectivity index (χ1) is 5.97. The first-order valence-electron chi connectivity index (χ1n) is 5.21. The highest BCUT2D eigenvalue weighted by molar-refractivity contribution is 7.98. The summed E-state index contributed by atoms with van der Waals surface area (Å²) in [5.41, 5.74) is 0.964. The van der Waals surface area contributed by atoms with Crippen LogP contribution in [0.5, 0.6) is 0 Å². The molecule has 0 radical (unpaired) electrons. The van der Waals surface area contributed by atoms with Gasteiger partial charge in [0.15, 0.2) is 0 Å². The van der Waals surface area contributed by atoms with E-state index in [9.17, 15) is 0 Å². The summed E-state index contributed by atoms with van der Waals surface area (Å²) in [7, 11) is 0. The summed E-state index contributed by atoms with van der Waals surface area (Å²) in [6.07, 6.45) is 6.48. The van der Waals surface area contributed by atoms with Crippen molar-refractivity contribution in [3.63, 3.8) is 0 Å². The highest BCUT2D eigenvalue weighted by Crippen LogP contribution is 2.48. The van der Waals surface area contributed by atoms with Crippen LogP contribution in [-0.2, 0) is 0 Å². The van der Waals surface area contributed by atoms with Crippen LogP contribution in [0.3, 0.4) is 0 Å². The molecule has 1 nitrogen and oxygen atoms in total. The smallest absolute Gasteiger partial charge is 0.00967 e. The Balaban J connectivity index is 2.20. The molecule has 0 amide bonds. The van der Waals surface area contributed by atoms with E-state index in [1.54, 1.807) is 0 Å². The fourth-order valence-corrected chi connectivity index (χ4v) is 2.10. The first-order valence-corrected chi connectivity index (χ1v) is 6.61. The molecular weight excluding hydrogens is 178 g/mol. The second-order valence-corrected chi connectivity index (χ2v) is 6.33. The predicted molar refractivity (Wildman–Crippen MR) is 62.4 cm³/mol. The topological polar surface area (TPSA) is 12.0 Å². The van der Waals surface area contributed by atoms with Gasteiger partial charge in [0.2, 0.25) is 0 Å². The summed E-state index contributed by atoms with van der Waals surface area (Å²) in [5, 5.41) is 3.62. The number of rotatable bonds is 5. The maximum Gasteiger partial charge on any atom is 0.00967 e. The lowest BCUT2D eigenvalue weighted by Gasteiger charge is -2.25. The molecule has 0 aromatic carbocycles. The van der Waals surface area contributed by atoms with Crippen molar-refractivity contribution in [1.29, 1.82) is 0 Å². The van der Waals surface area contributed by atoms with Gasteiger partial charge in [0.1, 0.15) is 0 Å². The van der Waals surface area contributed by atoms with E-state index in [1.807, 2.05) is 11.8 Å². The monoisotopic (exact) mass is 201 g/mol. The lowest BCUT2D eigenvalue weighted by molar-refractivity contribution is 0.353. The van der Waals surface area contributed by atoms with E-state index >= 15 is 0 Å². The lowest BCUT2D eigenvalue weighted by atomic mass is 10.0. The Hall–Kier alpha value is 0.310. The second kappa shape index (κ2) is 4.22. The van der Waals surface area contributed by atoms with E-state index in [0.717, 1.165) is 0 Å². The third-order valence-electron chi connectivity index (χ3n) is 2.79. The predicted octanol–water partition coefficient (Wildman–Crippen LogP) is 2.91. The van der Waals surface area contributed by atoms with Crippen LogP contribution in [0.25, 0.3) is 0 Å². The summed E-state index contributed by atoms with van der Waals surface area (Å²) in [5.74, 6) is 1.33. The minimum absolute atomic E-state index is 0.287. The van der Waals surface area contributed by atoms with Crippen molar-refractivity contribution in [3.8, 4) is 0 Å². The van der Waals surface area contributed by atoms with Crippen LogP contribution in [0.15, 0.2) is 0 Å². The maximum absolute atomic E-state index is 3.62. The van der Waals surface area contributed by atoms with Gasteiger partial charge in [-0.15, -0.1) is 0 Å². The Kier molecular flexibility index (Phi) is 3.70. The summed E-state index contributed by atoms with van der Waals surface area (Å²) in [6, 6.07) is 0. The molecule has 0 saturated heterocycles. The summed E-state index contributed by atoms with van der Waals surface area (Å²) in [4.78, 5) is 0. The SMILES string of the molecule is CSCCC1(CNC(C)(C)C)CC1. The van der Waals surface area contributed by atoms with Crippen molar-refractivity contribution < 1.29 is 0 Å². The Labute approximate surface area is 87.1 Å². The average Bonchev–Trinajstić information content (AvgIpc) is 2.77. The highest BCUT2D eigenvalue weighted by atomic mass is 32.2. The van der Waals surface area contributed by atoms with E-state index in [4.69, 9.17) is 0 Å². The molecule has 1 rings (SSSR count). The van der Waals surface area contributed by atoms with Crippen molar-refractivity contribution >= 4 is 11.8 Å². The molecule has 0 bridgehead atoms. The zero-order valence-corrected chi connectivity index (χ0v) is 10.3. The van der Waals surface area contributed by atoms with Gasteiger partial charge in [-0.2, -0.15) is 11.8 Å². The standard InChI is InChI=1S/C11H23NS/c1-10(2,3)12-9-11(5-6-11)7-8-13-4/h12H,5-9H2,1-4H3. The summed E-state index contributed by atoms with van der Waals surface area (Å²) in [6.45, 7) is 7.96. The second-order valence-electron chi connectivity index (χ2n) is 5.35. The molecule has 1 aliphatic rings. The van der Waals surface area contributed by atoms with E-state index in [-0.39, 0.29) is 5.54 Å². The Bertz CT molecular complexity index is 156. The van der Waals surface area contributed by atoms with Crippen molar-refractivity contribution in [2.75, 3.05) is 18.6 Å². The Morgan fingerprint density at radius 1 is 1.31 bits per heavy atom. The quantitative estimate of drug-likeness (QED) is 0.734. The third-order valence-corrected chi connectivity index (χ3v) is 3.40. The zero-order chi connectivity index (χ0) is 9.95.